The van der Waals surface area contributed by atoms with E-state index >= 15 is 0 Å². The number of hydrogen-bond acceptors (Lipinski definition) is 3. The predicted molar refractivity (Wildman–Crippen MR) is 108 cm³/mol. The Balaban J connectivity index is 1.76. The van der Waals surface area contributed by atoms with Gasteiger partial charge in [-0.3, -0.25) is 4.79 Å². The van der Waals surface area contributed by atoms with Crippen molar-refractivity contribution in [1.82, 2.24) is 14.8 Å². The number of nitrogens with zero attached hydrogens (tertiary/aromatic N) is 2. The molecule has 3 aromatic heterocycles. The number of nitrogens with two attached hydrogens (primary N) is 1. The van der Waals surface area contributed by atoms with Crippen LogP contribution in [0.15, 0.2) is 64.0 Å². The molecule has 0 spiro atoms. The lowest BCUT2D eigenvalue weighted by atomic mass is 9.90. The van der Waals surface area contributed by atoms with Gasteiger partial charge in [0.15, 0.2) is 5.76 Å². The lowest BCUT2D eigenvalue weighted by Gasteiger charge is -2.15. The maximum Gasteiger partial charge on any atom is 0.258 e. The third-order valence-corrected chi connectivity index (χ3v) is 4.77. The van der Waals surface area contributed by atoms with Crippen molar-refractivity contribution in [1.29, 1.82) is 0 Å². The molecule has 144 valence electrons. The zero-order valence-corrected chi connectivity index (χ0v) is 16.4. The Morgan fingerprint density at radius 1 is 1.11 bits per heavy atom. The summed E-state index contributed by atoms with van der Waals surface area (Å²) >= 11 is 0. The Bertz CT molecular complexity index is 1130. The van der Waals surface area contributed by atoms with E-state index in [-0.39, 0.29) is 11.0 Å². The summed E-state index contributed by atoms with van der Waals surface area (Å²) in [6, 6.07) is 15.7. The van der Waals surface area contributed by atoms with Crippen molar-refractivity contribution in [3.63, 3.8) is 0 Å². The smallest absolute Gasteiger partial charge is 0.258 e. The molecule has 0 saturated carbocycles. The average Bonchev–Trinajstić information content (AvgIpc) is 3.30. The molecule has 0 aliphatic rings. The van der Waals surface area contributed by atoms with Crippen molar-refractivity contribution in [2.75, 3.05) is 0 Å². The molecule has 1 aromatic carbocycles. The van der Waals surface area contributed by atoms with Crippen LogP contribution in [0.1, 0.15) is 37.8 Å². The van der Waals surface area contributed by atoms with E-state index in [0.717, 1.165) is 33.7 Å². The SMILES string of the molecule is CC(C)(C)c1nn(-c2ccccc2)c2[nH]c(=O)c(C[NH2+]Cc3ccco3)cc12. The first-order valence-corrected chi connectivity index (χ1v) is 9.48. The van der Waals surface area contributed by atoms with Crippen molar-refractivity contribution in [2.45, 2.75) is 39.3 Å². The van der Waals surface area contributed by atoms with Gasteiger partial charge < -0.3 is 14.7 Å². The van der Waals surface area contributed by atoms with Gasteiger partial charge in [0.2, 0.25) is 0 Å². The van der Waals surface area contributed by atoms with Gasteiger partial charge in [-0.1, -0.05) is 39.0 Å². The summed E-state index contributed by atoms with van der Waals surface area (Å²) in [5.74, 6) is 0.893. The number of rotatable bonds is 5. The molecule has 6 heteroatoms. The number of H-pyrrole nitrogens is 1. The van der Waals surface area contributed by atoms with Crippen LogP contribution in [-0.2, 0) is 18.5 Å². The number of fused-ring (bicyclic) bond motifs is 1. The highest BCUT2D eigenvalue weighted by Gasteiger charge is 2.24. The second kappa shape index (κ2) is 7.13. The number of hydrogen-bond donors (Lipinski definition) is 2. The molecule has 4 aromatic rings. The zero-order chi connectivity index (χ0) is 19.7. The van der Waals surface area contributed by atoms with Crippen LogP contribution < -0.4 is 10.9 Å². The number of pyridine rings is 1. The van der Waals surface area contributed by atoms with Crippen LogP contribution in [-0.4, -0.2) is 14.8 Å². The van der Waals surface area contributed by atoms with Gasteiger partial charge in [-0.05, 0) is 30.3 Å². The highest BCUT2D eigenvalue weighted by molar-refractivity contribution is 5.81. The maximum absolute atomic E-state index is 12.7. The van der Waals surface area contributed by atoms with Gasteiger partial charge in [-0.2, -0.15) is 5.10 Å². The first-order chi connectivity index (χ1) is 13.4. The predicted octanol–water partition coefficient (Wildman–Crippen LogP) is 2.87. The molecule has 3 heterocycles. The van der Waals surface area contributed by atoms with Crippen molar-refractivity contribution >= 4 is 11.0 Å². The van der Waals surface area contributed by atoms with Crippen LogP contribution in [0, 0.1) is 0 Å². The fraction of sp³-hybridized carbons (Fsp3) is 0.273. The van der Waals surface area contributed by atoms with E-state index in [4.69, 9.17) is 9.52 Å². The fourth-order valence-electron chi connectivity index (χ4n) is 3.38. The Kier molecular flexibility index (Phi) is 4.65. The number of aromatic amines is 1. The van der Waals surface area contributed by atoms with E-state index in [1.165, 1.54) is 0 Å². The molecule has 0 bridgehead atoms. The molecule has 0 atom stereocenters. The highest BCUT2D eigenvalue weighted by Crippen LogP contribution is 2.29. The van der Waals surface area contributed by atoms with E-state index in [1.807, 2.05) is 53.2 Å². The molecule has 0 saturated heterocycles. The van der Waals surface area contributed by atoms with Gasteiger partial charge in [0.05, 0.1) is 23.2 Å². The van der Waals surface area contributed by atoms with E-state index < -0.39 is 0 Å². The van der Waals surface area contributed by atoms with Crippen molar-refractivity contribution < 1.29 is 9.73 Å². The molecule has 0 amide bonds. The molecular weight excluding hydrogens is 352 g/mol. The molecular formula is C22H25N4O2+. The Morgan fingerprint density at radius 3 is 2.57 bits per heavy atom. The number of benzene rings is 1. The van der Waals surface area contributed by atoms with Crippen molar-refractivity contribution in [2.24, 2.45) is 0 Å². The van der Waals surface area contributed by atoms with Gasteiger partial charge in [0.1, 0.15) is 18.7 Å². The molecule has 3 N–H and O–H groups in total. The summed E-state index contributed by atoms with van der Waals surface area (Å²) < 4.78 is 7.18. The van der Waals surface area contributed by atoms with Gasteiger partial charge in [0, 0.05) is 10.8 Å². The summed E-state index contributed by atoms with van der Waals surface area (Å²) in [7, 11) is 0. The van der Waals surface area contributed by atoms with Crippen LogP contribution >= 0.6 is 0 Å². The summed E-state index contributed by atoms with van der Waals surface area (Å²) in [5, 5.41) is 7.90. The number of quaternary nitrogens is 1. The first kappa shape index (κ1) is 18.3. The third-order valence-electron chi connectivity index (χ3n) is 4.77. The minimum absolute atomic E-state index is 0.0827. The third kappa shape index (κ3) is 3.51. The number of para-hydroxylation sites is 1. The number of nitrogens with one attached hydrogen (secondary N) is 1. The van der Waals surface area contributed by atoms with Crippen LogP contribution in [0.5, 0.6) is 0 Å². The Hall–Kier alpha value is -3.12. The standard InChI is InChI=1S/C22H24N4O2/c1-22(2,3)19-18-12-15(13-23-14-17-10-7-11-28-17)21(27)24-20(18)26(25-19)16-8-5-4-6-9-16/h4-12,23H,13-14H2,1-3H3,(H,24,27)/p+1. The fourth-order valence-corrected chi connectivity index (χ4v) is 3.38. The molecule has 0 aliphatic carbocycles. The van der Waals surface area contributed by atoms with Crippen LogP contribution in [0.25, 0.3) is 16.7 Å². The Morgan fingerprint density at radius 2 is 1.89 bits per heavy atom. The largest absolute Gasteiger partial charge is 0.463 e. The van der Waals surface area contributed by atoms with E-state index in [0.29, 0.717) is 13.1 Å². The first-order valence-electron chi connectivity index (χ1n) is 9.48. The molecule has 0 unspecified atom stereocenters. The van der Waals surface area contributed by atoms with E-state index in [1.54, 1.807) is 6.26 Å². The topological polar surface area (TPSA) is 80.4 Å². The van der Waals surface area contributed by atoms with Gasteiger partial charge in [0.25, 0.3) is 5.56 Å². The van der Waals surface area contributed by atoms with E-state index in [9.17, 15) is 4.79 Å². The summed E-state index contributed by atoms with van der Waals surface area (Å²) in [4.78, 5) is 15.8. The Labute approximate surface area is 163 Å². The quantitative estimate of drug-likeness (QED) is 0.561. The highest BCUT2D eigenvalue weighted by atomic mass is 16.3. The average molecular weight is 377 g/mol. The van der Waals surface area contributed by atoms with Crippen LogP contribution in [0.3, 0.4) is 0 Å². The van der Waals surface area contributed by atoms with Gasteiger partial charge in [-0.25, -0.2) is 4.68 Å². The molecule has 28 heavy (non-hydrogen) atoms. The van der Waals surface area contributed by atoms with Crippen molar-refractivity contribution in [3.8, 4) is 5.69 Å². The van der Waals surface area contributed by atoms with Gasteiger partial charge in [-0.15, -0.1) is 0 Å². The molecule has 6 nitrogen and oxygen atoms in total. The monoisotopic (exact) mass is 377 g/mol. The molecule has 0 aliphatic heterocycles. The van der Waals surface area contributed by atoms with Crippen LogP contribution in [0.4, 0.5) is 0 Å². The van der Waals surface area contributed by atoms with E-state index in [2.05, 4.69) is 31.1 Å². The van der Waals surface area contributed by atoms with Gasteiger partial charge >= 0.3 is 0 Å². The second-order valence-electron chi connectivity index (χ2n) is 8.01. The molecule has 0 fully saturated rings. The maximum atomic E-state index is 12.7. The lowest BCUT2D eigenvalue weighted by molar-refractivity contribution is -0.688. The number of aromatic nitrogens is 3. The summed E-state index contributed by atoms with van der Waals surface area (Å²) in [6.45, 7) is 7.68. The molecule has 0 radical (unpaired) electrons. The summed E-state index contributed by atoms with van der Waals surface area (Å²) in [6.07, 6.45) is 1.66. The van der Waals surface area contributed by atoms with Crippen molar-refractivity contribution in [3.05, 3.63) is 82.2 Å². The normalized spacial score (nSPS) is 12.0. The lowest BCUT2D eigenvalue weighted by Crippen LogP contribution is -2.81. The minimum Gasteiger partial charge on any atom is -0.463 e. The second-order valence-corrected chi connectivity index (χ2v) is 8.01. The summed E-state index contributed by atoms with van der Waals surface area (Å²) in [5.41, 5.74) is 3.13. The zero-order valence-electron chi connectivity index (χ0n) is 16.4. The molecule has 4 rings (SSSR count). The van der Waals surface area contributed by atoms with Crippen LogP contribution in [0.2, 0.25) is 0 Å². The number of furan rings is 1. The minimum atomic E-state index is -0.147.